The Morgan fingerprint density at radius 3 is 2.16 bits per heavy atom. The Balaban J connectivity index is 2.30. The second-order valence-corrected chi connectivity index (χ2v) is 6.52. The van der Waals surface area contributed by atoms with E-state index in [1.165, 1.54) is 19.3 Å². The van der Waals surface area contributed by atoms with Crippen LogP contribution in [-0.4, -0.2) is 23.8 Å². The van der Waals surface area contributed by atoms with Crippen molar-refractivity contribution in [2.75, 3.05) is 13.1 Å². The third-order valence-corrected chi connectivity index (χ3v) is 3.86. The van der Waals surface area contributed by atoms with Crippen molar-refractivity contribution in [3.8, 4) is 0 Å². The molecule has 0 aromatic heterocycles. The molecule has 0 aliphatic carbocycles. The van der Waals surface area contributed by atoms with Crippen LogP contribution in [0.5, 0.6) is 0 Å². The van der Waals surface area contributed by atoms with Crippen molar-refractivity contribution in [2.24, 2.45) is 5.41 Å². The first-order valence-corrected chi connectivity index (χ1v) is 7.33. The van der Waals surface area contributed by atoms with Crippen molar-refractivity contribution in [1.29, 1.82) is 0 Å². The van der Waals surface area contributed by atoms with E-state index in [9.17, 15) is 4.79 Å². The Kier molecular flexibility index (Phi) is 4.41. The first kappa shape index (κ1) is 14.3. The number of carbonyl (C=O) groups excluding carboxylic acids is 1. The van der Waals surface area contributed by atoms with Gasteiger partial charge in [0, 0.05) is 5.41 Å². The van der Waals surface area contributed by atoms with Gasteiger partial charge in [-0.05, 0) is 31.5 Å². The van der Waals surface area contributed by atoms with Crippen LogP contribution in [0.25, 0.3) is 0 Å². The third-order valence-electron chi connectivity index (χ3n) is 3.86. The number of hydrogen-bond acceptors (Lipinski definition) is 2. The maximum absolute atomic E-state index is 12.8. The number of nitrogens with zero attached hydrogens (tertiary/aromatic N) is 1. The number of carbonyl (C=O) groups is 1. The summed E-state index contributed by atoms with van der Waals surface area (Å²) in [5, 5.41) is 0. The summed E-state index contributed by atoms with van der Waals surface area (Å²) in [5.41, 5.74) is 0.849. The molecule has 0 bridgehead atoms. The van der Waals surface area contributed by atoms with Crippen molar-refractivity contribution >= 4 is 5.78 Å². The van der Waals surface area contributed by atoms with Crippen LogP contribution >= 0.6 is 0 Å². The predicted molar refractivity (Wildman–Crippen MR) is 79.1 cm³/mol. The molecule has 1 fully saturated rings. The summed E-state index contributed by atoms with van der Waals surface area (Å²) in [5.74, 6) is 0.334. The molecule has 1 aliphatic heterocycles. The summed E-state index contributed by atoms with van der Waals surface area (Å²) in [6.07, 6.45) is 3.71. The Bertz CT molecular complexity index is 413. The topological polar surface area (TPSA) is 20.3 Å². The zero-order chi connectivity index (χ0) is 13.9. The van der Waals surface area contributed by atoms with E-state index in [-0.39, 0.29) is 11.5 Å². The number of Topliss-reactive ketones (excluding diaryl/α,β-unsaturated/α-hetero) is 1. The van der Waals surface area contributed by atoms with E-state index in [1.807, 2.05) is 39.0 Å². The molecule has 19 heavy (non-hydrogen) atoms. The standard InChI is InChI=1S/C17H25NO/c1-17(2,3)16(19)15(14-10-6-4-7-11-14)18-12-8-5-9-13-18/h4,6-7,10-11,15H,5,8-9,12-13H2,1-3H3/t15-/m1/s1. The fourth-order valence-electron chi connectivity index (χ4n) is 2.75. The number of piperidine rings is 1. The van der Waals surface area contributed by atoms with Crippen LogP contribution in [0.4, 0.5) is 0 Å². The van der Waals surface area contributed by atoms with Gasteiger partial charge in [-0.2, -0.15) is 0 Å². The van der Waals surface area contributed by atoms with Gasteiger partial charge < -0.3 is 0 Å². The fraction of sp³-hybridized carbons (Fsp3) is 0.588. The van der Waals surface area contributed by atoms with Gasteiger partial charge in [0.15, 0.2) is 5.78 Å². The largest absolute Gasteiger partial charge is 0.297 e. The summed E-state index contributed by atoms with van der Waals surface area (Å²) in [4.78, 5) is 15.2. The molecule has 0 amide bonds. The van der Waals surface area contributed by atoms with Gasteiger partial charge in [-0.15, -0.1) is 0 Å². The van der Waals surface area contributed by atoms with Gasteiger partial charge in [-0.3, -0.25) is 9.69 Å². The second kappa shape index (κ2) is 5.87. The lowest BCUT2D eigenvalue weighted by Gasteiger charge is -2.37. The van der Waals surface area contributed by atoms with Crippen molar-refractivity contribution in [3.63, 3.8) is 0 Å². The van der Waals surface area contributed by atoms with E-state index in [2.05, 4.69) is 17.0 Å². The van der Waals surface area contributed by atoms with Gasteiger partial charge in [0.2, 0.25) is 0 Å². The summed E-state index contributed by atoms with van der Waals surface area (Å²) >= 11 is 0. The molecular formula is C17H25NO. The van der Waals surface area contributed by atoms with Crippen LogP contribution in [-0.2, 0) is 4.79 Å². The monoisotopic (exact) mass is 259 g/mol. The first-order valence-electron chi connectivity index (χ1n) is 7.33. The molecule has 1 aliphatic rings. The first-order chi connectivity index (χ1) is 9.00. The number of rotatable bonds is 3. The highest BCUT2D eigenvalue weighted by molar-refractivity contribution is 5.89. The summed E-state index contributed by atoms with van der Waals surface area (Å²) < 4.78 is 0. The summed E-state index contributed by atoms with van der Waals surface area (Å²) in [6.45, 7) is 8.16. The third kappa shape index (κ3) is 3.44. The fourth-order valence-corrected chi connectivity index (χ4v) is 2.75. The Morgan fingerprint density at radius 1 is 1.05 bits per heavy atom. The van der Waals surface area contributed by atoms with E-state index < -0.39 is 0 Å². The van der Waals surface area contributed by atoms with Crippen molar-refractivity contribution in [2.45, 2.75) is 46.1 Å². The summed E-state index contributed by atoms with van der Waals surface area (Å²) in [6, 6.07) is 10.2. The number of hydrogen-bond donors (Lipinski definition) is 0. The Labute approximate surface area is 116 Å². The van der Waals surface area contributed by atoms with Crippen LogP contribution in [0.3, 0.4) is 0 Å². The highest BCUT2D eigenvalue weighted by Gasteiger charge is 2.35. The van der Waals surface area contributed by atoms with Crippen LogP contribution in [0, 0.1) is 5.41 Å². The lowest BCUT2D eigenvalue weighted by Crippen LogP contribution is -2.42. The van der Waals surface area contributed by atoms with E-state index in [0.717, 1.165) is 18.7 Å². The quantitative estimate of drug-likeness (QED) is 0.822. The molecule has 0 radical (unpaired) electrons. The minimum atomic E-state index is -0.294. The normalized spacial score (nSPS) is 19.1. The summed E-state index contributed by atoms with van der Waals surface area (Å²) in [7, 11) is 0. The van der Waals surface area contributed by atoms with E-state index in [4.69, 9.17) is 0 Å². The highest BCUT2D eigenvalue weighted by atomic mass is 16.1. The molecule has 1 atom stereocenters. The molecule has 2 rings (SSSR count). The molecule has 0 saturated carbocycles. The minimum Gasteiger partial charge on any atom is -0.297 e. The smallest absolute Gasteiger partial charge is 0.159 e. The second-order valence-electron chi connectivity index (χ2n) is 6.52. The van der Waals surface area contributed by atoms with Gasteiger partial charge in [-0.1, -0.05) is 57.5 Å². The maximum atomic E-state index is 12.8. The Hall–Kier alpha value is -1.15. The van der Waals surface area contributed by atoms with Gasteiger partial charge in [0.05, 0.1) is 6.04 Å². The van der Waals surface area contributed by atoms with Crippen LogP contribution < -0.4 is 0 Å². The van der Waals surface area contributed by atoms with E-state index in [1.54, 1.807) is 0 Å². The molecule has 0 unspecified atom stereocenters. The predicted octanol–water partition coefficient (Wildman–Crippen LogP) is 3.83. The molecule has 1 heterocycles. The van der Waals surface area contributed by atoms with Gasteiger partial charge in [-0.25, -0.2) is 0 Å². The SMILES string of the molecule is CC(C)(C)C(=O)[C@@H](c1ccccc1)N1CCCCC1. The molecule has 0 spiro atoms. The number of ketones is 1. The Morgan fingerprint density at radius 2 is 1.63 bits per heavy atom. The zero-order valence-electron chi connectivity index (χ0n) is 12.4. The minimum absolute atomic E-state index is 0.0681. The van der Waals surface area contributed by atoms with Gasteiger partial charge >= 0.3 is 0 Å². The molecule has 1 aromatic rings. The lowest BCUT2D eigenvalue weighted by atomic mass is 9.82. The van der Waals surface area contributed by atoms with Crippen molar-refractivity contribution in [3.05, 3.63) is 35.9 Å². The average molecular weight is 259 g/mol. The van der Waals surface area contributed by atoms with Crippen molar-refractivity contribution < 1.29 is 4.79 Å². The molecular weight excluding hydrogens is 234 g/mol. The highest BCUT2D eigenvalue weighted by Crippen LogP contribution is 2.32. The zero-order valence-corrected chi connectivity index (χ0v) is 12.4. The van der Waals surface area contributed by atoms with Crippen molar-refractivity contribution in [1.82, 2.24) is 4.90 Å². The van der Waals surface area contributed by atoms with E-state index in [0.29, 0.717) is 5.78 Å². The molecule has 2 nitrogen and oxygen atoms in total. The van der Waals surface area contributed by atoms with Gasteiger partial charge in [0.1, 0.15) is 0 Å². The van der Waals surface area contributed by atoms with Crippen LogP contribution in [0.15, 0.2) is 30.3 Å². The number of benzene rings is 1. The molecule has 2 heteroatoms. The average Bonchev–Trinajstić information content (AvgIpc) is 2.40. The maximum Gasteiger partial charge on any atom is 0.159 e. The van der Waals surface area contributed by atoms with E-state index >= 15 is 0 Å². The lowest BCUT2D eigenvalue weighted by molar-refractivity contribution is -0.132. The molecule has 0 N–H and O–H groups in total. The van der Waals surface area contributed by atoms with Crippen LogP contribution in [0.1, 0.15) is 51.6 Å². The van der Waals surface area contributed by atoms with Crippen LogP contribution in [0.2, 0.25) is 0 Å². The molecule has 1 aromatic carbocycles. The molecule has 1 saturated heterocycles. The molecule has 104 valence electrons. The number of likely N-dealkylation sites (tertiary alicyclic amines) is 1. The van der Waals surface area contributed by atoms with Gasteiger partial charge in [0.25, 0.3) is 0 Å².